The molecule has 5 heteroatoms. The molecule has 1 rings (SSSR count). The lowest BCUT2D eigenvalue weighted by Crippen LogP contribution is -2.34. The minimum atomic E-state index is -0.836. The molecule has 15 heavy (non-hydrogen) atoms. The van der Waals surface area contributed by atoms with Crippen LogP contribution in [-0.2, 0) is 23.9 Å². The molecule has 1 aliphatic carbocycles. The Kier molecular flexibility index (Phi) is 3.60. The fourth-order valence-corrected chi connectivity index (χ4v) is 1.32. The van der Waals surface area contributed by atoms with Crippen molar-refractivity contribution < 1.29 is 23.9 Å². The summed E-state index contributed by atoms with van der Waals surface area (Å²) in [5, 5.41) is 0. The maximum Gasteiger partial charge on any atom is 0.303 e. The number of rotatable bonds is 2. The standard InChI is InChI=1S/C10H12O5/c1-6(11)14-8-3-4-9(13)10(5-8)15-7(2)12/h3-4,8,10H,5H2,1-2H3. The van der Waals surface area contributed by atoms with Crippen molar-refractivity contribution in [3.63, 3.8) is 0 Å². The van der Waals surface area contributed by atoms with Crippen LogP contribution in [0.15, 0.2) is 12.2 Å². The molecule has 0 bridgehead atoms. The van der Waals surface area contributed by atoms with Gasteiger partial charge in [0.05, 0.1) is 0 Å². The maximum atomic E-state index is 11.3. The first-order valence-electron chi connectivity index (χ1n) is 4.55. The van der Waals surface area contributed by atoms with Crippen LogP contribution in [0.2, 0.25) is 0 Å². The highest BCUT2D eigenvalue weighted by Gasteiger charge is 2.28. The number of ether oxygens (including phenoxy) is 2. The number of carbonyl (C=O) groups excluding carboxylic acids is 3. The molecule has 0 N–H and O–H groups in total. The van der Waals surface area contributed by atoms with E-state index in [1.54, 1.807) is 0 Å². The Morgan fingerprint density at radius 1 is 1.27 bits per heavy atom. The van der Waals surface area contributed by atoms with Gasteiger partial charge in [-0.2, -0.15) is 0 Å². The van der Waals surface area contributed by atoms with E-state index < -0.39 is 24.1 Å². The molecule has 0 heterocycles. The van der Waals surface area contributed by atoms with Crippen LogP contribution in [0, 0.1) is 0 Å². The summed E-state index contributed by atoms with van der Waals surface area (Å²) in [6.45, 7) is 2.51. The van der Waals surface area contributed by atoms with Crippen molar-refractivity contribution >= 4 is 17.7 Å². The third-order valence-electron chi connectivity index (χ3n) is 1.86. The third kappa shape index (κ3) is 3.53. The van der Waals surface area contributed by atoms with E-state index >= 15 is 0 Å². The van der Waals surface area contributed by atoms with Crippen molar-refractivity contribution in [2.75, 3.05) is 0 Å². The largest absolute Gasteiger partial charge is 0.458 e. The predicted molar refractivity (Wildman–Crippen MR) is 49.9 cm³/mol. The molecule has 0 amide bonds. The zero-order chi connectivity index (χ0) is 11.4. The van der Waals surface area contributed by atoms with Gasteiger partial charge in [-0.25, -0.2) is 0 Å². The van der Waals surface area contributed by atoms with Crippen LogP contribution in [-0.4, -0.2) is 29.9 Å². The molecule has 0 aromatic rings. The summed E-state index contributed by atoms with van der Waals surface area (Å²) in [5.74, 6) is -1.24. The van der Waals surface area contributed by atoms with E-state index in [9.17, 15) is 14.4 Å². The summed E-state index contributed by atoms with van der Waals surface area (Å²) in [5.41, 5.74) is 0. The first kappa shape index (κ1) is 11.4. The van der Waals surface area contributed by atoms with Gasteiger partial charge in [0.1, 0.15) is 6.10 Å². The zero-order valence-corrected chi connectivity index (χ0v) is 8.56. The van der Waals surface area contributed by atoms with Crippen molar-refractivity contribution in [2.45, 2.75) is 32.5 Å². The van der Waals surface area contributed by atoms with Gasteiger partial charge in [-0.3, -0.25) is 14.4 Å². The minimum Gasteiger partial charge on any atom is -0.458 e. The molecule has 0 spiro atoms. The second-order valence-corrected chi connectivity index (χ2v) is 3.24. The molecular weight excluding hydrogens is 200 g/mol. The smallest absolute Gasteiger partial charge is 0.303 e. The lowest BCUT2D eigenvalue weighted by atomic mass is 10.0. The summed E-state index contributed by atoms with van der Waals surface area (Å²) in [6.07, 6.45) is 1.62. The van der Waals surface area contributed by atoms with Gasteiger partial charge in [0.25, 0.3) is 0 Å². The average Bonchev–Trinajstić information content (AvgIpc) is 2.09. The van der Waals surface area contributed by atoms with Gasteiger partial charge in [0, 0.05) is 20.3 Å². The molecule has 0 aliphatic heterocycles. The minimum absolute atomic E-state index is 0.189. The van der Waals surface area contributed by atoms with Gasteiger partial charge in [0.15, 0.2) is 11.9 Å². The number of hydrogen-bond donors (Lipinski definition) is 0. The summed E-state index contributed by atoms with van der Waals surface area (Å²) >= 11 is 0. The molecule has 0 aromatic carbocycles. The molecule has 2 unspecified atom stereocenters. The Bertz CT molecular complexity index is 318. The summed E-state index contributed by atoms with van der Waals surface area (Å²) in [7, 11) is 0. The van der Waals surface area contributed by atoms with Gasteiger partial charge >= 0.3 is 11.9 Å². The van der Waals surface area contributed by atoms with E-state index in [0.717, 1.165) is 0 Å². The fourth-order valence-electron chi connectivity index (χ4n) is 1.32. The molecule has 1 aliphatic rings. The highest BCUT2D eigenvalue weighted by Crippen LogP contribution is 2.15. The van der Waals surface area contributed by atoms with Gasteiger partial charge < -0.3 is 9.47 Å². The lowest BCUT2D eigenvalue weighted by Gasteiger charge is -2.22. The average molecular weight is 212 g/mol. The Morgan fingerprint density at radius 2 is 1.87 bits per heavy atom. The molecule has 0 fully saturated rings. The highest BCUT2D eigenvalue weighted by atomic mass is 16.6. The van der Waals surface area contributed by atoms with E-state index in [4.69, 9.17) is 9.47 Å². The van der Waals surface area contributed by atoms with Crippen LogP contribution < -0.4 is 0 Å². The first-order chi connectivity index (χ1) is 6.99. The van der Waals surface area contributed by atoms with E-state index in [0.29, 0.717) is 0 Å². The molecule has 82 valence electrons. The SMILES string of the molecule is CC(=O)OC1C=CC(=O)C(OC(C)=O)C1. The van der Waals surface area contributed by atoms with E-state index in [2.05, 4.69) is 0 Å². The second kappa shape index (κ2) is 4.72. The molecule has 0 saturated carbocycles. The van der Waals surface area contributed by atoms with E-state index in [1.165, 1.54) is 26.0 Å². The van der Waals surface area contributed by atoms with Gasteiger partial charge in [-0.1, -0.05) is 0 Å². The van der Waals surface area contributed by atoms with Crippen LogP contribution in [0.1, 0.15) is 20.3 Å². The topological polar surface area (TPSA) is 69.7 Å². The lowest BCUT2D eigenvalue weighted by molar-refractivity contribution is -0.156. The Labute approximate surface area is 87.0 Å². The van der Waals surface area contributed by atoms with Crippen LogP contribution in [0.4, 0.5) is 0 Å². The highest BCUT2D eigenvalue weighted by molar-refractivity contribution is 5.95. The number of ketones is 1. The molecule has 0 saturated heterocycles. The Balaban J connectivity index is 2.61. The molecule has 0 aromatic heterocycles. The fraction of sp³-hybridized carbons (Fsp3) is 0.500. The number of carbonyl (C=O) groups is 3. The van der Waals surface area contributed by atoms with Crippen LogP contribution in [0.25, 0.3) is 0 Å². The van der Waals surface area contributed by atoms with Crippen LogP contribution in [0.5, 0.6) is 0 Å². The first-order valence-corrected chi connectivity index (χ1v) is 4.55. The third-order valence-corrected chi connectivity index (χ3v) is 1.86. The van der Waals surface area contributed by atoms with Gasteiger partial charge in [-0.15, -0.1) is 0 Å². The quantitative estimate of drug-likeness (QED) is 0.619. The van der Waals surface area contributed by atoms with E-state index in [1.807, 2.05) is 0 Å². The predicted octanol–water partition coefficient (Wildman–Crippen LogP) is 0.379. The van der Waals surface area contributed by atoms with Crippen molar-refractivity contribution in [3.05, 3.63) is 12.2 Å². The molecular formula is C10H12O5. The summed E-state index contributed by atoms with van der Waals surface area (Å²) in [6, 6.07) is 0. The van der Waals surface area contributed by atoms with E-state index in [-0.39, 0.29) is 12.2 Å². The van der Waals surface area contributed by atoms with Crippen molar-refractivity contribution in [3.8, 4) is 0 Å². The molecule has 0 radical (unpaired) electrons. The maximum absolute atomic E-state index is 11.3. The number of esters is 2. The zero-order valence-electron chi connectivity index (χ0n) is 8.56. The summed E-state index contributed by atoms with van der Waals surface area (Å²) in [4.78, 5) is 32.6. The van der Waals surface area contributed by atoms with Crippen LogP contribution in [0.3, 0.4) is 0 Å². The number of hydrogen-bond acceptors (Lipinski definition) is 5. The van der Waals surface area contributed by atoms with Crippen LogP contribution >= 0.6 is 0 Å². The van der Waals surface area contributed by atoms with Gasteiger partial charge in [0.2, 0.25) is 0 Å². The van der Waals surface area contributed by atoms with Crippen molar-refractivity contribution in [2.24, 2.45) is 0 Å². The second-order valence-electron chi connectivity index (χ2n) is 3.24. The van der Waals surface area contributed by atoms with Gasteiger partial charge in [-0.05, 0) is 12.2 Å². The molecule has 2 atom stereocenters. The van der Waals surface area contributed by atoms with Crippen molar-refractivity contribution in [1.82, 2.24) is 0 Å². The van der Waals surface area contributed by atoms with Crippen molar-refractivity contribution in [1.29, 1.82) is 0 Å². The Hall–Kier alpha value is -1.65. The monoisotopic (exact) mass is 212 g/mol. The normalized spacial score (nSPS) is 24.8. The summed E-state index contributed by atoms with van der Waals surface area (Å²) < 4.78 is 9.67. The Morgan fingerprint density at radius 3 is 2.40 bits per heavy atom. The molecule has 5 nitrogen and oxygen atoms in total.